The molecule has 2 aromatic rings. The van der Waals surface area contributed by atoms with E-state index in [9.17, 15) is 9.59 Å². The number of hydrogen-bond donors (Lipinski definition) is 1. The molecule has 0 aromatic carbocycles. The van der Waals surface area contributed by atoms with Crippen LogP contribution in [0.5, 0.6) is 0 Å². The third kappa shape index (κ3) is 3.84. The first-order valence-corrected chi connectivity index (χ1v) is 7.55. The maximum Gasteiger partial charge on any atom is 0.251 e. The van der Waals surface area contributed by atoms with E-state index in [2.05, 4.69) is 15.0 Å². The van der Waals surface area contributed by atoms with Crippen molar-refractivity contribution in [3.63, 3.8) is 0 Å². The summed E-state index contributed by atoms with van der Waals surface area (Å²) < 4.78 is 7.53. The molecule has 122 valence electrons. The molecule has 1 fully saturated rings. The molecule has 23 heavy (non-hydrogen) atoms. The minimum Gasteiger partial charge on any atom is -0.367 e. The number of morpholine rings is 1. The molecule has 1 atom stereocenters. The molecule has 0 radical (unpaired) electrons. The van der Waals surface area contributed by atoms with Gasteiger partial charge in [-0.05, 0) is 6.92 Å². The molecular formula is C15H19N5O3. The van der Waals surface area contributed by atoms with E-state index in [-0.39, 0.29) is 11.5 Å². The summed E-state index contributed by atoms with van der Waals surface area (Å²) in [6, 6.07) is 1.43. The lowest BCUT2D eigenvalue weighted by molar-refractivity contribution is -0.139. The van der Waals surface area contributed by atoms with Crippen molar-refractivity contribution in [1.82, 2.24) is 24.4 Å². The van der Waals surface area contributed by atoms with Crippen LogP contribution in [0.25, 0.3) is 0 Å². The predicted octanol–water partition coefficient (Wildman–Crippen LogP) is 0.265. The van der Waals surface area contributed by atoms with Crippen molar-refractivity contribution in [3.8, 4) is 0 Å². The van der Waals surface area contributed by atoms with Gasteiger partial charge in [0.2, 0.25) is 5.91 Å². The van der Waals surface area contributed by atoms with Crippen LogP contribution in [0.15, 0.2) is 29.6 Å². The molecule has 0 bridgehead atoms. The van der Waals surface area contributed by atoms with Crippen LogP contribution in [0.3, 0.4) is 0 Å². The van der Waals surface area contributed by atoms with Crippen molar-refractivity contribution in [2.24, 2.45) is 0 Å². The molecule has 3 heterocycles. The highest BCUT2D eigenvalue weighted by Crippen LogP contribution is 2.19. The molecule has 1 N–H and O–H groups in total. The molecule has 1 saturated heterocycles. The Hall–Kier alpha value is -2.48. The summed E-state index contributed by atoms with van der Waals surface area (Å²) in [5.74, 6) is 0.532. The Kier molecular flexibility index (Phi) is 4.52. The number of aromatic amines is 1. The van der Waals surface area contributed by atoms with Crippen LogP contribution in [-0.4, -0.2) is 50.0 Å². The fourth-order valence-electron chi connectivity index (χ4n) is 2.60. The largest absolute Gasteiger partial charge is 0.367 e. The second-order valence-electron chi connectivity index (χ2n) is 5.52. The quantitative estimate of drug-likeness (QED) is 0.873. The van der Waals surface area contributed by atoms with Gasteiger partial charge in [-0.15, -0.1) is 0 Å². The zero-order valence-electron chi connectivity index (χ0n) is 12.9. The van der Waals surface area contributed by atoms with Gasteiger partial charge in [0.15, 0.2) is 0 Å². The van der Waals surface area contributed by atoms with Gasteiger partial charge in [-0.25, -0.2) is 9.97 Å². The van der Waals surface area contributed by atoms with E-state index in [1.807, 2.05) is 10.8 Å². The zero-order chi connectivity index (χ0) is 16.2. The van der Waals surface area contributed by atoms with Gasteiger partial charge >= 0.3 is 0 Å². The minimum atomic E-state index is -0.395. The van der Waals surface area contributed by atoms with Gasteiger partial charge in [-0.3, -0.25) is 9.59 Å². The first-order valence-electron chi connectivity index (χ1n) is 7.55. The maximum atomic E-state index is 12.3. The first-order chi connectivity index (χ1) is 11.1. The number of ether oxygens (including phenoxy) is 1. The molecule has 3 rings (SSSR count). The van der Waals surface area contributed by atoms with Crippen LogP contribution in [0.1, 0.15) is 24.0 Å². The number of rotatable bonds is 4. The molecule has 8 heteroatoms. The molecule has 1 aliphatic rings. The SMILES string of the molecule is Cc1cc(=O)[nH]c([C@@H]2CN(C(=O)CCn3ccnc3)CCO2)n1. The lowest BCUT2D eigenvalue weighted by Gasteiger charge is -2.32. The molecular weight excluding hydrogens is 298 g/mol. The lowest BCUT2D eigenvalue weighted by atomic mass is 10.2. The number of carbonyl (C=O) groups excluding carboxylic acids is 1. The molecule has 8 nitrogen and oxygen atoms in total. The highest BCUT2D eigenvalue weighted by atomic mass is 16.5. The first kappa shape index (κ1) is 15.4. The van der Waals surface area contributed by atoms with E-state index in [0.29, 0.717) is 44.2 Å². The number of hydrogen-bond acceptors (Lipinski definition) is 5. The fraction of sp³-hybridized carbons (Fsp3) is 0.467. The normalized spacial score (nSPS) is 18.1. The van der Waals surface area contributed by atoms with Gasteiger partial charge < -0.3 is 19.2 Å². The number of aryl methyl sites for hydroxylation is 2. The lowest BCUT2D eigenvalue weighted by Crippen LogP contribution is -2.43. The van der Waals surface area contributed by atoms with Gasteiger partial charge in [0.1, 0.15) is 11.9 Å². The maximum absolute atomic E-state index is 12.3. The highest BCUT2D eigenvalue weighted by molar-refractivity contribution is 5.76. The third-order valence-corrected chi connectivity index (χ3v) is 3.76. The van der Waals surface area contributed by atoms with E-state index in [4.69, 9.17) is 4.74 Å². The van der Waals surface area contributed by atoms with Crippen molar-refractivity contribution in [3.05, 3.63) is 46.7 Å². The van der Waals surface area contributed by atoms with Gasteiger partial charge in [0, 0.05) is 43.7 Å². The molecule has 0 aliphatic carbocycles. The van der Waals surface area contributed by atoms with Gasteiger partial charge in [0.05, 0.1) is 19.5 Å². The summed E-state index contributed by atoms with van der Waals surface area (Å²) in [5, 5.41) is 0. The molecule has 2 aromatic heterocycles. The standard InChI is InChI=1S/C15H19N5O3/c1-11-8-13(21)18-15(17-11)12-9-20(6-7-23-12)14(22)2-4-19-5-3-16-10-19/h3,5,8,10,12H,2,4,6-7,9H2,1H3,(H,17,18,21)/t12-/m0/s1. The van der Waals surface area contributed by atoms with Crippen molar-refractivity contribution in [1.29, 1.82) is 0 Å². The van der Waals surface area contributed by atoms with E-state index >= 15 is 0 Å². The van der Waals surface area contributed by atoms with E-state index in [1.165, 1.54) is 6.07 Å². The Balaban J connectivity index is 1.63. The summed E-state index contributed by atoms with van der Waals surface area (Å²) in [6.07, 6.45) is 5.22. The molecule has 1 aliphatic heterocycles. The Morgan fingerprint density at radius 3 is 3.13 bits per heavy atom. The van der Waals surface area contributed by atoms with E-state index < -0.39 is 6.10 Å². The van der Waals surface area contributed by atoms with Gasteiger partial charge in [-0.2, -0.15) is 0 Å². The summed E-state index contributed by atoms with van der Waals surface area (Å²) in [6.45, 7) is 3.74. The van der Waals surface area contributed by atoms with Crippen molar-refractivity contribution < 1.29 is 9.53 Å². The minimum absolute atomic E-state index is 0.0574. The van der Waals surface area contributed by atoms with Crippen LogP contribution in [0.4, 0.5) is 0 Å². The topological polar surface area (TPSA) is 93.1 Å². The Bertz CT molecular complexity index is 725. The number of carbonyl (C=O) groups is 1. The summed E-state index contributed by atoms with van der Waals surface area (Å²) in [4.78, 5) is 36.6. The van der Waals surface area contributed by atoms with E-state index in [1.54, 1.807) is 24.3 Å². The average Bonchev–Trinajstić information content (AvgIpc) is 3.05. The van der Waals surface area contributed by atoms with Crippen LogP contribution in [0, 0.1) is 6.92 Å². The Morgan fingerprint density at radius 1 is 1.52 bits per heavy atom. The molecule has 0 unspecified atom stereocenters. The van der Waals surface area contributed by atoms with Crippen LogP contribution < -0.4 is 5.56 Å². The van der Waals surface area contributed by atoms with E-state index in [0.717, 1.165) is 0 Å². The third-order valence-electron chi connectivity index (χ3n) is 3.76. The number of H-pyrrole nitrogens is 1. The summed E-state index contributed by atoms with van der Waals surface area (Å²) in [7, 11) is 0. The Morgan fingerprint density at radius 2 is 2.39 bits per heavy atom. The second-order valence-corrected chi connectivity index (χ2v) is 5.52. The number of nitrogens with one attached hydrogen (secondary N) is 1. The van der Waals surface area contributed by atoms with Crippen LogP contribution in [-0.2, 0) is 16.1 Å². The summed E-state index contributed by atoms with van der Waals surface area (Å²) >= 11 is 0. The number of aromatic nitrogens is 4. The Labute approximate surface area is 133 Å². The molecule has 0 spiro atoms. The fourth-order valence-corrected chi connectivity index (χ4v) is 2.60. The van der Waals surface area contributed by atoms with Crippen molar-refractivity contribution >= 4 is 5.91 Å². The predicted molar refractivity (Wildman–Crippen MR) is 81.7 cm³/mol. The van der Waals surface area contributed by atoms with Crippen LogP contribution in [0.2, 0.25) is 0 Å². The van der Waals surface area contributed by atoms with Crippen LogP contribution >= 0.6 is 0 Å². The van der Waals surface area contributed by atoms with Gasteiger partial charge in [0.25, 0.3) is 5.56 Å². The average molecular weight is 317 g/mol. The zero-order valence-corrected chi connectivity index (χ0v) is 12.9. The van der Waals surface area contributed by atoms with Gasteiger partial charge in [-0.1, -0.05) is 0 Å². The molecule has 1 amide bonds. The number of imidazole rings is 1. The second kappa shape index (κ2) is 6.74. The highest BCUT2D eigenvalue weighted by Gasteiger charge is 2.26. The molecule has 0 saturated carbocycles. The number of nitrogens with zero attached hydrogens (tertiary/aromatic N) is 4. The van der Waals surface area contributed by atoms with Crippen molar-refractivity contribution in [2.75, 3.05) is 19.7 Å². The van der Waals surface area contributed by atoms with Crippen molar-refractivity contribution in [2.45, 2.75) is 26.0 Å². The smallest absolute Gasteiger partial charge is 0.251 e. The number of amides is 1. The summed E-state index contributed by atoms with van der Waals surface area (Å²) in [5.41, 5.74) is 0.426. The monoisotopic (exact) mass is 317 g/mol.